The molecule has 1 fully saturated rings. The summed E-state index contributed by atoms with van der Waals surface area (Å²) >= 11 is 6.05. The number of benzene rings is 2. The van der Waals surface area contributed by atoms with Crippen LogP contribution in [0.25, 0.3) is 0 Å². The van der Waals surface area contributed by atoms with Gasteiger partial charge < -0.3 is 14.6 Å². The van der Waals surface area contributed by atoms with E-state index < -0.39 is 0 Å². The highest BCUT2D eigenvalue weighted by Crippen LogP contribution is 2.27. The summed E-state index contributed by atoms with van der Waals surface area (Å²) in [5, 5.41) is 3.40. The van der Waals surface area contributed by atoms with Crippen LogP contribution in [0.15, 0.2) is 65.2 Å². The second-order valence-corrected chi connectivity index (χ2v) is 8.14. The molecule has 31 heavy (non-hydrogen) atoms. The van der Waals surface area contributed by atoms with E-state index in [-0.39, 0.29) is 24.3 Å². The summed E-state index contributed by atoms with van der Waals surface area (Å²) < 4.78 is 5.99. The lowest BCUT2D eigenvalue weighted by molar-refractivity contribution is -0.131. The normalized spacial score (nSPS) is 16.2. The third-order valence-electron chi connectivity index (χ3n) is 5.40. The summed E-state index contributed by atoms with van der Waals surface area (Å²) in [6.45, 7) is 1.19. The van der Waals surface area contributed by atoms with Crippen LogP contribution in [0.1, 0.15) is 46.3 Å². The number of halogens is 1. The predicted octanol–water partition coefficient (Wildman–Crippen LogP) is 4.05. The maximum atomic E-state index is 12.6. The SMILES string of the molecule is O=C(NCC(=O)N1CCC[C@H](c2ncc(Cc3cccc(Cl)c3)o2)C1)c1ccccc1. The van der Waals surface area contributed by atoms with Gasteiger partial charge in [-0.15, -0.1) is 0 Å². The topological polar surface area (TPSA) is 75.4 Å². The van der Waals surface area contributed by atoms with E-state index in [1.807, 2.05) is 30.3 Å². The molecule has 160 valence electrons. The summed E-state index contributed by atoms with van der Waals surface area (Å²) in [5.74, 6) is 1.13. The quantitative estimate of drug-likeness (QED) is 0.631. The van der Waals surface area contributed by atoms with Crippen molar-refractivity contribution >= 4 is 23.4 Å². The van der Waals surface area contributed by atoms with Crippen LogP contribution in [0.3, 0.4) is 0 Å². The van der Waals surface area contributed by atoms with Gasteiger partial charge in [-0.3, -0.25) is 9.59 Å². The van der Waals surface area contributed by atoms with Gasteiger partial charge in [-0.25, -0.2) is 4.98 Å². The van der Waals surface area contributed by atoms with Crippen molar-refractivity contribution in [2.24, 2.45) is 0 Å². The predicted molar refractivity (Wildman–Crippen MR) is 118 cm³/mol. The van der Waals surface area contributed by atoms with Crippen molar-refractivity contribution in [3.63, 3.8) is 0 Å². The Morgan fingerprint density at radius 2 is 2.00 bits per heavy atom. The van der Waals surface area contributed by atoms with Crippen molar-refractivity contribution in [3.05, 3.63) is 88.6 Å². The molecule has 6 nitrogen and oxygen atoms in total. The lowest BCUT2D eigenvalue weighted by atomic mass is 9.98. The zero-order valence-corrected chi connectivity index (χ0v) is 17.8. The third-order valence-corrected chi connectivity index (χ3v) is 5.63. The lowest BCUT2D eigenvalue weighted by Gasteiger charge is -2.31. The van der Waals surface area contributed by atoms with Crippen molar-refractivity contribution in [1.29, 1.82) is 0 Å². The zero-order valence-electron chi connectivity index (χ0n) is 17.1. The molecular formula is C24H24ClN3O3. The smallest absolute Gasteiger partial charge is 0.251 e. The van der Waals surface area contributed by atoms with Gasteiger partial charge in [0.2, 0.25) is 5.91 Å². The first kappa shape index (κ1) is 21.1. The van der Waals surface area contributed by atoms with Crippen molar-refractivity contribution in [2.75, 3.05) is 19.6 Å². The van der Waals surface area contributed by atoms with E-state index in [1.165, 1.54) is 0 Å². The first-order valence-corrected chi connectivity index (χ1v) is 10.8. The molecule has 0 radical (unpaired) electrons. The molecule has 1 aliphatic heterocycles. The molecule has 1 aliphatic rings. The Morgan fingerprint density at radius 1 is 1.16 bits per heavy atom. The van der Waals surface area contributed by atoms with Crippen LogP contribution < -0.4 is 5.32 Å². The van der Waals surface area contributed by atoms with E-state index in [0.717, 1.165) is 24.2 Å². The fourth-order valence-electron chi connectivity index (χ4n) is 3.81. The molecule has 1 saturated heterocycles. The Labute approximate surface area is 186 Å². The molecule has 2 amide bonds. The summed E-state index contributed by atoms with van der Waals surface area (Å²) in [6.07, 6.45) is 4.15. The third kappa shape index (κ3) is 5.52. The van der Waals surface area contributed by atoms with E-state index in [9.17, 15) is 9.59 Å². The van der Waals surface area contributed by atoms with E-state index >= 15 is 0 Å². The Balaban J connectivity index is 1.32. The van der Waals surface area contributed by atoms with Crippen LogP contribution in [0.2, 0.25) is 5.02 Å². The van der Waals surface area contributed by atoms with Crippen molar-refractivity contribution in [2.45, 2.75) is 25.2 Å². The number of carbonyl (C=O) groups is 2. The van der Waals surface area contributed by atoms with Crippen LogP contribution in [0.5, 0.6) is 0 Å². The minimum atomic E-state index is -0.249. The Bertz CT molecular complexity index is 1050. The maximum Gasteiger partial charge on any atom is 0.251 e. The molecule has 0 saturated carbocycles. The summed E-state index contributed by atoms with van der Waals surface area (Å²) in [5.41, 5.74) is 1.60. The number of aromatic nitrogens is 1. The molecular weight excluding hydrogens is 414 g/mol. The number of oxazole rings is 1. The Kier molecular flexibility index (Phi) is 6.67. The first-order valence-electron chi connectivity index (χ1n) is 10.4. The molecule has 7 heteroatoms. The van der Waals surface area contributed by atoms with Crippen LogP contribution in [-0.2, 0) is 11.2 Å². The van der Waals surface area contributed by atoms with Crippen LogP contribution in [0, 0.1) is 0 Å². The van der Waals surface area contributed by atoms with Crippen LogP contribution in [0.4, 0.5) is 0 Å². The average molecular weight is 438 g/mol. The molecule has 0 aliphatic carbocycles. The van der Waals surface area contributed by atoms with Gasteiger partial charge in [-0.05, 0) is 42.7 Å². The highest BCUT2D eigenvalue weighted by Gasteiger charge is 2.28. The van der Waals surface area contributed by atoms with Crippen molar-refractivity contribution < 1.29 is 14.0 Å². The average Bonchev–Trinajstić information content (AvgIpc) is 3.26. The summed E-state index contributed by atoms with van der Waals surface area (Å²) in [4.78, 5) is 31.0. The highest BCUT2D eigenvalue weighted by atomic mass is 35.5. The molecule has 1 atom stereocenters. The summed E-state index contributed by atoms with van der Waals surface area (Å²) in [7, 11) is 0. The largest absolute Gasteiger partial charge is 0.445 e. The number of nitrogens with zero attached hydrogens (tertiary/aromatic N) is 2. The van der Waals surface area contributed by atoms with Crippen LogP contribution in [-0.4, -0.2) is 41.3 Å². The van der Waals surface area contributed by atoms with Crippen molar-refractivity contribution in [1.82, 2.24) is 15.2 Å². The van der Waals surface area contributed by atoms with Crippen molar-refractivity contribution in [3.8, 4) is 0 Å². The van der Waals surface area contributed by atoms with Gasteiger partial charge in [-0.1, -0.05) is 41.9 Å². The standard InChI is InChI=1S/C24H24ClN3O3/c25-20-10-4-6-17(12-20)13-21-14-27-24(31-21)19-9-5-11-28(16-19)22(29)15-26-23(30)18-7-2-1-3-8-18/h1-4,6-8,10,12,14,19H,5,9,11,13,15-16H2,(H,26,30)/t19-/m0/s1. The number of carbonyl (C=O) groups excluding carboxylic acids is 2. The highest BCUT2D eigenvalue weighted by molar-refractivity contribution is 6.30. The molecule has 4 rings (SSSR count). The maximum absolute atomic E-state index is 12.6. The van der Waals surface area contributed by atoms with Gasteiger partial charge in [0.05, 0.1) is 18.7 Å². The molecule has 1 aromatic heterocycles. The Hall–Kier alpha value is -3.12. The molecule has 0 unspecified atom stereocenters. The fraction of sp³-hybridized carbons (Fsp3) is 0.292. The number of nitrogens with one attached hydrogen (secondary N) is 1. The van der Waals surface area contributed by atoms with Gasteiger partial charge in [-0.2, -0.15) is 0 Å². The van der Waals surface area contributed by atoms with E-state index in [4.69, 9.17) is 16.0 Å². The molecule has 1 N–H and O–H groups in total. The molecule has 2 aromatic carbocycles. The number of piperidine rings is 1. The van der Waals surface area contributed by atoms with E-state index in [0.29, 0.717) is 36.0 Å². The van der Waals surface area contributed by atoms with Gasteiger partial charge in [0.15, 0.2) is 5.89 Å². The number of rotatable bonds is 6. The molecule has 3 aromatic rings. The van der Waals surface area contributed by atoms with Gasteiger partial charge in [0.1, 0.15) is 5.76 Å². The number of amides is 2. The Morgan fingerprint density at radius 3 is 2.81 bits per heavy atom. The first-order chi connectivity index (χ1) is 15.1. The van der Waals surface area contributed by atoms with Gasteiger partial charge in [0, 0.05) is 30.1 Å². The second-order valence-electron chi connectivity index (χ2n) is 7.70. The number of likely N-dealkylation sites (tertiary alicyclic amines) is 1. The minimum Gasteiger partial charge on any atom is -0.445 e. The fourth-order valence-corrected chi connectivity index (χ4v) is 4.02. The van der Waals surface area contributed by atoms with E-state index in [1.54, 1.807) is 35.4 Å². The summed E-state index contributed by atoms with van der Waals surface area (Å²) in [6, 6.07) is 16.5. The van der Waals surface area contributed by atoms with Crippen LogP contribution >= 0.6 is 11.6 Å². The van der Waals surface area contributed by atoms with E-state index in [2.05, 4.69) is 10.3 Å². The monoisotopic (exact) mass is 437 g/mol. The molecule has 0 bridgehead atoms. The molecule has 2 heterocycles. The molecule has 0 spiro atoms. The number of hydrogen-bond acceptors (Lipinski definition) is 4. The van der Waals surface area contributed by atoms with Gasteiger partial charge >= 0.3 is 0 Å². The second kappa shape index (κ2) is 9.79. The minimum absolute atomic E-state index is 0.0218. The lowest BCUT2D eigenvalue weighted by Crippen LogP contribution is -2.44. The number of hydrogen-bond donors (Lipinski definition) is 1. The van der Waals surface area contributed by atoms with Gasteiger partial charge in [0.25, 0.3) is 5.91 Å². The zero-order chi connectivity index (χ0) is 21.6.